The number of morpholine rings is 1. The second-order valence-corrected chi connectivity index (χ2v) is 7.38. The molecule has 1 aliphatic heterocycles. The zero-order chi connectivity index (χ0) is 17.4. The zero-order valence-electron chi connectivity index (χ0n) is 14.1. The SMILES string of the molecule is FC(F)(F)c1nc(N[C@@H]2C[C@H]3CC[C@@H]2C3)ncc1CN1CCOCC1. The van der Waals surface area contributed by atoms with Crippen LogP contribution in [0.15, 0.2) is 6.20 Å². The summed E-state index contributed by atoms with van der Waals surface area (Å²) in [7, 11) is 0. The van der Waals surface area contributed by atoms with Gasteiger partial charge in [-0.2, -0.15) is 13.2 Å². The van der Waals surface area contributed by atoms with Crippen LogP contribution >= 0.6 is 0 Å². The highest BCUT2D eigenvalue weighted by Crippen LogP contribution is 2.45. The van der Waals surface area contributed by atoms with Crippen LogP contribution in [0.3, 0.4) is 0 Å². The van der Waals surface area contributed by atoms with Crippen LogP contribution in [0.25, 0.3) is 0 Å². The van der Waals surface area contributed by atoms with E-state index >= 15 is 0 Å². The number of anilines is 1. The van der Waals surface area contributed by atoms with Crippen molar-refractivity contribution in [2.75, 3.05) is 31.6 Å². The van der Waals surface area contributed by atoms with E-state index < -0.39 is 11.9 Å². The summed E-state index contributed by atoms with van der Waals surface area (Å²) in [5.74, 6) is 1.37. The molecule has 1 saturated heterocycles. The van der Waals surface area contributed by atoms with Crippen molar-refractivity contribution in [3.8, 4) is 0 Å². The molecule has 1 aromatic rings. The molecule has 25 heavy (non-hydrogen) atoms. The van der Waals surface area contributed by atoms with Crippen LogP contribution < -0.4 is 5.32 Å². The molecular formula is C17H23F3N4O. The van der Waals surface area contributed by atoms with Crippen molar-refractivity contribution >= 4 is 5.95 Å². The molecule has 2 heterocycles. The summed E-state index contributed by atoms with van der Waals surface area (Å²) in [5.41, 5.74) is -0.687. The van der Waals surface area contributed by atoms with Crippen molar-refractivity contribution in [3.05, 3.63) is 17.5 Å². The van der Waals surface area contributed by atoms with Gasteiger partial charge < -0.3 is 10.1 Å². The predicted octanol–water partition coefficient (Wildman–Crippen LogP) is 2.93. The monoisotopic (exact) mass is 356 g/mol. The summed E-state index contributed by atoms with van der Waals surface area (Å²) in [6.07, 6.45) is 1.46. The number of nitrogens with zero attached hydrogens (tertiary/aromatic N) is 3. The molecular weight excluding hydrogens is 333 g/mol. The lowest BCUT2D eigenvalue weighted by molar-refractivity contribution is -0.142. The first-order valence-electron chi connectivity index (χ1n) is 8.99. The van der Waals surface area contributed by atoms with Gasteiger partial charge in [0.05, 0.1) is 13.2 Å². The van der Waals surface area contributed by atoms with E-state index in [-0.39, 0.29) is 24.1 Å². The molecule has 3 atom stereocenters. The minimum Gasteiger partial charge on any atom is -0.379 e. The lowest BCUT2D eigenvalue weighted by Crippen LogP contribution is -2.36. The molecule has 2 bridgehead atoms. The van der Waals surface area contributed by atoms with Crippen LogP contribution in [-0.4, -0.2) is 47.2 Å². The second-order valence-electron chi connectivity index (χ2n) is 7.38. The van der Waals surface area contributed by atoms with Crippen LogP contribution in [0, 0.1) is 11.8 Å². The molecule has 0 radical (unpaired) electrons. The maximum atomic E-state index is 13.5. The van der Waals surface area contributed by atoms with Gasteiger partial charge >= 0.3 is 6.18 Å². The van der Waals surface area contributed by atoms with Crippen LogP contribution in [0.1, 0.15) is 36.9 Å². The number of fused-ring (bicyclic) bond motifs is 2. The third-order valence-electron chi connectivity index (χ3n) is 5.68. The fourth-order valence-electron chi connectivity index (χ4n) is 4.42. The second kappa shape index (κ2) is 6.72. The molecule has 3 fully saturated rings. The number of hydrogen-bond acceptors (Lipinski definition) is 5. The number of nitrogens with one attached hydrogen (secondary N) is 1. The lowest BCUT2D eigenvalue weighted by Gasteiger charge is -2.27. The summed E-state index contributed by atoms with van der Waals surface area (Å²) in [5, 5.41) is 3.16. The van der Waals surface area contributed by atoms with Gasteiger partial charge in [-0.05, 0) is 31.1 Å². The molecule has 138 valence electrons. The Bertz CT molecular complexity index is 618. The molecule has 0 spiro atoms. The van der Waals surface area contributed by atoms with Gasteiger partial charge in [-0.25, -0.2) is 9.97 Å². The molecule has 3 aliphatic rings. The number of alkyl halides is 3. The van der Waals surface area contributed by atoms with E-state index in [1.165, 1.54) is 19.0 Å². The maximum absolute atomic E-state index is 13.5. The Labute approximate surface area is 145 Å². The van der Waals surface area contributed by atoms with E-state index in [0.717, 1.165) is 12.8 Å². The molecule has 1 N–H and O–H groups in total. The molecule has 0 unspecified atom stereocenters. The lowest BCUT2D eigenvalue weighted by atomic mass is 9.95. The molecule has 1 aromatic heterocycles. The van der Waals surface area contributed by atoms with Crippen LogP contribution in [0.5, 0.6) is 0 Å². The molecule has 8 heteroatoms. The number of halogens is 3. The minimum atomic E-state index is -4.48. The normalized spacial score (nSPS) is 30.0. The Morgan fingerprint density at radius 3 is 2.64 bits per heavy atom. The molecule has 0 amide bonds. The van der Waals surface area contributed by atoms with Crippen LogP contribution in [0.2, 0.25) is 0 Å². The van der Waals surface area contributed by atoms with Crippen molar-refractivity contribution in [2.24, 2.45) is 11.8 Å². The van der Waals surface area contributed by atoms with E-state index in [2.05, 4.69) is 15.3 Å². The van der Waals surface area contributed by atoms with Gasteiger partial charge in [0.1, 0.15) is 0 Å². The number of rotatable bonds is 4. The van der Waals surface area contributed by atoms with Gasteiger partial charge in [0.25, 0.3) is 0 Å². The van der Waals surface area contributed by atoms with Gasteiger partial charge in [-0.3, -0.25) is 4.90 Å². The van der Waals surface area contributed by atoms with Gasteiger partial charge in [-0.1, -0.05) is 6.42 Å². The van der Waals surface area contributed by atoms with E-state index in [9.17, 15) is 13.2 Å². The van der Waals surface area contributed by atoms with Crippen molar-refractivity contribution in [1.82, 2.24) is 14.9 Å². The minimum absolute atomic E-state index is 0.107. The Hall–Kier alpha value is -1.41. The average Bonchev–Trinajstić information content (AvgIpc) is 3.19. The molecule has 2 aliphatic carbocycles. The van der Waals surface area contributed by atoms with E-state index in [0.29, 0.717) is 38.1 Å². The summed E-state index contributed by atoms with van der Waals surface area (Å²) in [6, 6.07) is 0.213. The Morgan fingerprint density at radius 1 is 1.20 bits per heavy atom. The van der Waals surface area contributed by atoms with Crippen molar-refractivity contribution < 1.29 is 17.9 Å². The first-order chi connectivity index (χ1) is 12.0. The Balaban J connectivity index is 1.51. The standard InChI is InChI=1S/C17H23F3N4O/c18-17(19,20)15-13(10-24-3-5-25-6-4-24)9-21-16(23-15)22-14-8-11-1-2-12(14)7-11/h9,11-12,14H,1-8,10H2,(H,21,22,23)/t11-,12+,14+/m0/s1. The quantitative estimate of drug-likeness (QED) is 0.899. The fraction of sp³-hybridized carbons (Fsp3) is 0.765. The molecule has 5 nitrogen and oxygen atoms in total. The highest BCUT2D eigenvalue weighted by molar-refractivity contribution is 5.33. The van der Waals surface area contributed by atoms with Crippen LogP contribution in [-0.2, 0) is 17.5 Å². The molecule has 4 rings (SSSR count). The average molecular weight is 356 g/mol. The van der Waals surface area contributed by atoms with Crippen molar-refractivity contribution in [1.29, 1.82) is 0 Å². The maximum Gasteiger partial charge on any atom is 0.433 e. The fourth-order valence-corrected chi connectivity index (χ4v) is 4.42. The van der Waals surface area contributed by atoms with Crippen LogP contribution in [0.4, 0.5) is 19.1 Å². The smallest absolute Gasteiger partial charge is 0.379 e. The number of hydrogen-bond donors (Lipinski definition) is 1. The summed E-state index contributed by atoms with van der Waals surface area (Å²) in [6.45, 7) is 2.55. The molecule has 0 aromatic carbocycles. The molecule has 2 saturated carbocycles. The zero-order valence-corrected chi connectivity index (χ0v) is 14.1. The third kappa shape index (κ3) is 3.74. The van der Waals surface area contributed by atoms with E-state index in [1.54, 1.807) is 0 Å². The van der Waals surface area contributed by atoms with E-state index in [1.807, 2.05) is 4.90 Å². The highest BCUT2D eigenvalue weighted by Gasteiger charge is 2.41. The number of ether oxygens (including phenoxy) is 1. The Kier molecular flexibility index (Phi) is 4.58. The van der Waals surface area contributed by atoms with Gasteiger partial charge in [0, 0.05) is 37.4 Å². The van der Waals surface area contributed by atoms with Gasteiger partial charge in [0.15, 0.2) is 5.69 Å². The largest absolute Gasteiger partial charge is 0.433 e. The predicted molar refractivity (Wildman–Crippen MR) is 86.0 cm³/mol. The van der Waals surface area contributed by atoms with Gasteiger partial charge in [-0.15, -0.1) is 0 Å². The highest BCUT2D eigenvalue weighted by atomic mass is 19.4. The first-order valence-corrected chi connectivity index (χ1v) is 8.99. The van der Waals surface area contributed by atoms with Gasteiger partial charge in [0.2, 0.25) is 5.95 Å². The third-order valence-corrected chi connectivity index (χ3v) is 5.68. The summed E-state index contributed by atoms with van der Waals surface area (Å²) in [4.78, 5) is 9.98. The summed E-state index contributed by atoms with van der Waals surface area (Å²) >= 11 is 0. The van der Waals surface area contributed by atoms with Crippen molar-refractivity contribution in [2.45, 2.75) is 44.4 Å². The van der Waals surface area contributed by atoms with Crippen molar-refractivity contribution in [3.63, 3.8) is 0 Å². The number of aromatic nitrogens is 2. The summed E-state index contributed by atoms with van der Waals surface area (Å²) < 4.78 is 45.7. The topological polar surface area (TPSA) is 50.3 Å². The van der Waals surface area contributed by atoms with E-state index in [4.69, 9.17) is 4.74 Å². The first kappa shape index (κ1) is 17.0. The Morgan fingerprint density at radius 2 is 2.00 bits per heavy atom.